The number of benzene rings is 4. The first kappa shape index (κ1) is 33.2. The Morgan fingerprint density at radius 3 is 1.31 bits per heavy atom. The maximum atomic E-state index is 14.9. The molecule has 45 heavy (non-hydrogen) atoms. The predicted octanol–water partition coefficient (Wildman–Crippen LogP) is 8.45. The van der Waals surface area contributed by atoms with Crippen LogP contribution in [0.3, 0.4) is 0 Å². The number of non-ortho nitro benzene ring substituents is 2. The van der Waals surface area contributed by atoms with Crippen molar-refractivity contribution in [3.05, 3.63) is 150 Å². The van der Waals surface area contributed by atoms with Crippen molar-refractivity contribution in [1.29, 1.82) is 0 Å². The molecule has 0 bridgehead atoms. The van der Waals surface area contributed by atoms with Gasteiger partial charge in [0.1, 0.15) is 22.0 Å². The molecule has 2 atom stereocenters. The summed E-state index contributed by atoms with van der Waals surface area (Å²) in [4.78, 5) is 22.2. The second kappa shape index (κ2) is 14.4. The summed E-state index contributed by atoms with van der Waals surface area (Å²) < 4.78 is 40.7. The molecule has 4 aromatic rings. The molecule has 0 saturated carbocycles. The molecule has 0 aliphatic carbocycles. The van der Waals surface area contributed by atoms with Gasteiger partial charge in [0.25, 0.3) is 11.4 Å². The smallest absolute Gasteiger partial charge is 0.270 e. The minimum Gasteiger partial charge on any atom is -0.496 e. The van der Waals surface area contributed by atoms with Gasteiger partial charge >= 0.3 is 0 Å². The standard InChI is InChI=1S/C32H26Cl2N2O8S/c1-43-29-15-13-25(35(37)38)19-27(29)31(17-7-21-3-9-23(33)10-4-21)45(41,42)32(18-8-22-5-11-24(34)12-6-22)28-20-26(36(39)40)14-16-30(28)44-2/h3-20,31-32H,1-2H3/b17-7+,18-8+. The van der Waals surface area contributed by atoms with Gasteiger partial charge in [-0.3, -0.25) is 20.2 Å². The molecule has 4 rings (SSSR count). The number of ether oxygens (including phenoxy) is 2. The summed E-state index contributed by atoms with van der Waals surface area (Å²) in [5, 5.41) is 21.4. The number of halogens is 2. The predicted molar refractivity (Wildman–Crippen MR) is 175 cm³/mol. The van der Waals surface area contributed by atoms with Crippen LogP contribution in [0.2, 0.25) is 10.0 Å². The summed E-state index contributed by atoms with van der Waals surface area (Å²) >= 11 is 12.0. The first-order valence-electron chi connectivity index (χ1n) is 13.2. The number of methoxy groups -OCH3 is 2. The zero-order valence-electron chi connectivity index (χ0n) is 23.9. The molecule has 0 aromatic heterocycles. The average Bonchev–Trinajstić information content (AvgIpc) is 3.02. The lowest BCUT2D eigenvalue weighted by Gasteiger charge is -2.24. The van der Waals surface area contributed by atoms with Gasteiger partial charge in [0.05, 0.1) is 24.1 Å². The molecule has 0 radical (unpaired) electrons. The minimum absolute atomic E-state index is 0.00814. The maximum Gasteiger partial charge on any atom is 0.270 e. The lowest BCUT2D eigenvalue weighted by atomic mass is 10.1. The van der Waals surface area contributed by atoms with E-state index in [1.807, 2.05) is 0 Å². The molecule has 0 spiro atoms. The van der Waals surface area contributed by atoms with E-state index in [-0.39, 0.29) is 34.0 Å². The van der Waals surface area contributed by atoms with Gasteiger partial charge < -0.3 is 9.47 Å². The highest BCUT2D eigenvalue weighted by atomic mass is 35.5. The van der Waals surface area contributed by atoms with E-state index in [0.717, 1.165) is 12.1 Å². The van der Waals surface area contributed by atoms with Crippen LogP contribution in [0.4, 0.5) is 11.4 Å². The topological polar surface area (TPSA) is 139 Å². The van der Waals surface area contributed by atoms with Crippen molar-refractivity contribution < 1.29 is 27.7 Å². The Bertz CT molecular complexity index is 1750. The van der Waals surface area contributed by atoms with Gasteiger partial charge in [0.15, 0.2) is 9.84 Å². The van der Waals surface area contributed by atoms with Gasteiger partial charge in [0.2, 0.25) is 0 Å². The fourth-order valence-corrected chi connectivity index (χ4v) is 6.84. The summed E-state index contributed by atoms with van der Waals surface area (Å²) in [7, 11) is -1.87. The number of nitro benzene ring substituents is 2. The van der Waals surface area contributed by atoms with Gasteiger partial charge in [-0.05, 0) is 47.5 Å². The summed E-state index contributed by atoms with van der Waals surface area (Å²) in [6, 6.07) is 20.5. The minimum atomic E-state index is -4.51. The van der Waals surface area contributed by atoms with E-state index in [0.29, 0.717) is 21.2 Å². The number of hydrogen-bond donors (Lipinski definition) is 0. The quantitative estimate of drug-likeness (QED) is 0.108. The van der Waals surface area contributed by atoms with Gasteiger partial charge in [-0.2, -0.15) is 0 Å². The largest absolute Gasteiger partial charge is 0.496 e. The Kier molecular flexibility index (Phi) is 10.6. The van der Waals surface area contributed by atoms with Crippen molar-refractivity contribution in [2.75, 3.05) is 14.2 Å². The Morgan fingerprint density at radius 2 is 1.00 bits per heavy atom. The van der Waals surface area contributed by atoms with E-state index in [1.54, 1.807) is 60.7 Å². The Labute approximate surface area is 269 Å². The third-order valence-corrected chi connectivity index (χ3v) is 9.58. The highest BCUT2D eigenvalue weighted by molar-refractivity contribution is 7.92. The molecule has 0 fully saturated rings. The summed E-state index contributed by atoms with van der Waals surface area (Å²) in [6.07, 6.45) is 5.85. The normalized spacial score (nSPS) is 13.1. The highest BCUT2D eigenvalue weighted by Gasteiger charge is 2.38. The first-order valence-corrected chi connectivity index (χ1v) is 15.6. The van der Waals surface area contributed by atoms with Crippen molar-refractivity contribution in [1.82, 2.24) is 0 Å². The monoisotopic (exact) mass is 668 g/mol. The van der Waals surface area contributed by atoms with Crippen LogP contribution in [0.1, 0.15) is 32.8 Å². The molecule has 0 aliphatic heterocycles. The molecular formula is C32H26Cl2N2O8S. The lowest BCUT2D eigenvalue weighted by molar-refractivity contribution is -0.385. The van der Waals surface area contributed by atoms with Crippen LogP contribution >= 0.6 is 23.2 Å². The number of sulfone groups is 1. The SMILES string of the molecule is COc1ccc([N+](=O)[O-])cc1C(/C=C/c1ccc(Cl)cc1)S(=O)(=O)C(/C=C/c1ccc(Cl)cc1)c1cc([N+](=O)[O-])ccc1OC. The Morgan fingerprint density at radius 1 is 0.644 bits per heavy atom. The second-order valence-corrected chi connectivity index (χ2v) is 12.7. The molecule has 0 N–H and O–H groups in total. The van der Waals surface area contributed by atoms with Gasteiger partial charge in [-0.25, -0.2) is 8.42 Å². The van der Waals surface area contributed by atoms with E-state index in [2.05, 4.69) is 0 Å². The van der Waals surface area contributed by atoms with Crippen molar-refractivity contribution in [2.45, 2.75) is 10.5 Å². The fraction of sp³-hybridized carbons (Fsp3) is 0.125. The summed E-state index contributed by atoms with van der Waals surface area (Å²) in [5.41, 5.74) is 0.479. The Hall–Kier alpha value is -4.71. The van der Waals surface area contributed by atoms with E-state index >= 15 is 0 Å². The lowest BCUT2D eigenvalue weighted by Crippen LogP contribution is -2.20. The third kappa shape index (κ3) is 7.88. The second-order valence-electron chi connectivity index (χ2n) is 9.62. The van der Waals surface area contributed by atoms with Crippen molar-refractivity contribution in [2.24, 2.45) is 0 Å². The molecule has 0 amide bonds. The Balaban J connectivity index is 2.01. The van der Waals surface area contributed by atoms with Crippen molar-refractivity contribution in [3.8, 4) is 11.5 Å². The fourth-order valence-electron chi connectivity index (χ4n) is 4.60. The van der Waals surface area contributed by atoms with E-state index < -0.39 is 30.2 Å². The zero-order valence-corrected chi connectivity index (χ0v) is 26.2. The summed E-state index contributed by atoms with van der Waals surface area (Å²) in [6.45, 7) is 0. The molecule has 0 saturated heterocycles. The molecule has 4 aromatic carbocycles. The van der Waals surface area contributed by atoms with Crippen LogP contribution in [0.15, 0.2) is 97.1 Å². The number of hydrogen-bond acceptors (Lipinski definition) is 8. The third-order valence-electron chi connectivity index (χ3n) is 6.84. The number of rotatable bonds is 12. The molecule has 0 aliphatic rings. The van der Waals surface area contributed by atoms with Crippen LogP contribution < -0.4 is 9.47 Å². The molecule has 10 nitrogen and oxygen atoms in total. The first-order chi connectivity index (χ1) is 21.4. The maximum absolute atomic E-state index is 14.9. The molecule has 232 valence electrons. The summed E-state index contributed by atoms with van der Waals surface area (Å²) in [5.74, 6) is 0.169. The molecular weight excluding hydrogens is 643 g/mol. The number of nitrogens with zero attached hydrogens (tertiary/aromatic N) is 2. The van der Waals surface area contributed by atoms with E-state index in [1.165, 1.54) is 50.6 Å². The van der Waals surface area contributed by atoms with Crippen molar-refractivity contribution >= 4 is 56.6 Å². The van der Waals surface area contributed by atoms with E-state index in [4.69, 9.17) is 32.7 Å². The van der Waals surface area contributed by atoms with Gasteiger partial charge in [0, 0.05) is 45.4 Å². The molecule has 13 heteroatoms. The van der Waals surface area contributed by atoms with Crippen LogP contribution in [-0.4, -0.2) is 32.5 Å². The molecule has 2 unspecified atom stereocenters. The average molecular weight is 670 g/mol. The van der Waals surface area contributed by atoms with Crippen LogP contribution in [0.5, 0.6) is 11.5 Å². The van der Waals surface area contributed by atoms with Gasteiger partial charge in [-0.15, -0.1) is 0 Å². The van der Waals surface area contributed by atoms with E-state index in [9.17, 15) is 28.6 Å². The van der Waals surface area contributed by atoms with Crippen LogP contribution in [-0.2, 0) is 9.84 Å². The zero-order chi connectivity index (χ0) is 32.7. The highest BCUT2D eigenvalue weighted by Crippen LogP contribution is 2.44. The van der Waals surface area contributed by atoms with Crippen molar-refractivity contribution in [3.63, 3.8) is 0 Å². The molecule has 0 heterocycles. The van der Waals surface area contributed by atoms with Gasteiger partial charge in [-0.1, -0.05) is 71.8 Å². The van der Waals surface area contributed by atoms with Crippen LogP contribution in [0, 0.1) is 20.2 Å². The van der Waals surface area contributed by atoms with Crippen LogP contribution in [0.25, 0.3) is 12.2 Å². The number of nitro groups is 2.